The van der Waals surface area contributed by atoms with Crippen LogP contribution in [0.15, 0.2) is 36.4 Å². The van der Waals surface area contributed by atoms with Crippen LogP contribution >= 0.6 is 0 Å². The van der Waals surface area contributed by atoms with E-state index in [-0.39, 0.29) is 10.8 Å². The SMILES string of the molecule is COc1cccc([Si](C)(C)COc2cc(C(C)(C)C)cc(C(C)(C)C)c2)c1OC. The number of hydrogen-bond acceptors (Lipinski definition) is 3. The maximum Gasteiger partial charge on any atom is 0.160 e. The number of ether oxygens (including phenoxy) is 3. The van der Waals surface area contributed by atoms with Gasteiger partial charge in [-0.05, 0) is 45.3 Å². The summed E-state index contributed by atoms with van der Waals surface area (Å²) >= 11 is 0. The fraction of sp³-hybridized carbons (Fsp3) is 0.520. The first-order chi connectivity index (χ1) is 13.3. The van der Waals surface area contributed by atoms with Crippen LogP contribution in [0.5, 0.6) is 17.2 Å². The van der Waals surface area contributed by atoms with Gasteiger partial charge in [-0.15, -0.1) is 0 Å². The van der Waals surface area contributed by atoms with Crippen molar-refractivity contribution in [3.8, 4) is 17.2 Å². The van der Waals surface area contributed by atoms with Gasteiger partial charge in [-0.3, -0.25) is 0 Å². The highest BCUT2D eigenvalue weighted by Crippen LogP contribution is 2.33. The van der Waals surface area contributed by atoms with Gasteiger partial charge in [0.05, 0.1) is 20.4 Å². The summed E-state index contributed by atoms with van der Waals surface area (Å²) in [5, 5.41) is 1.21. The zero-order valence-corrected chi connectivity index (χ0v) is 20.9. The van der Waals surface area contributed by atoms with E-state index in [0.29, 0.717) is 6.23 Å². The molecule has 4 heteroatoms. The van der Waals surface area contributed by atoms with Crippen LogP contribution in [0.3, 0.4) is 0 Å². The van der Waals surface area contributed by atoms with Crippen LogP contribution in [0.25, 0.3) is 0 Å². The van der Waals surface area contributed by atoms with Crippen molar-refractivity contribution in [2.45, 2.75) is 65.5 Å². The van der Waals surface area contributed by atoms with E-state index in [1.165, 1.54) is 16.3 Å². The minimum Gasteiger partial charge on any atom is -0.497 e. The summed E-state index contributed by atoms with van der Waals surface area (Å²) in [6.07, 6.45) is 0.674. The molecule has 0 saturated heterocycles. The molecule has 0 atom stereocenters. The molecule has 2 aromatic carbocycles. The fourth-order valence-corrected chi connectivity index (χ4v) is 5.38. The molecule has 0 fully saturated rings. The number of para-hydroxylation sites is 1. The van der Waals surface area contributed by atoms with Gasteiger partial charge < -0.3 is 14.2 Å². The largest absolute Gasteiger partial charge is 0.497 e. The summed E-state index contributed by atoms with van der Waals surface area (Å²) < 4.78 is 17.6. The zero-order valence-electron chi connectivity index (χ0n) is 19.9. The lowest BCUT2D eigenvalue weighted by Gasteiger charge is -2.28. The second kappa shape index (κ2) is 8.43. The maximum absolute atomic E-state index is 6.44. The average molecular weight is 415 g/mol. The Morgan fingerprint density at radius 2 is 1.34 bits per heavy atom. The van der Waals surface area contributed by atoms with Gasteiger partial charge in [-0.2, -0.15) is 0 Å². The molecular formula is C25H38O3Si. The number of benzene rings is 2. The van der Waals surface area contributed by atoms with Crippen LogP contribution in [-0.4, -0.2) is 28.5 Å². The van der Waals surface area contributed by atoms with Crippen LogP contribution < -0.4 is 19.4 Å². The Hall–Kier alpha value is -1.94. The Labute approximate surface area is 178 Å². The summed E-state index contributed by atoms with van der Waals surface area (Å²) in [5.41, 5.74) is 2.75. The molecule has 0 unspecified atom stereocenters. The second-order valence-electron chi connectivity index (χ2n) is 10.5. The van der Waals surface area contributed by atoms with Crippen molar-refractivity contribution in [3.05, 3.63) is 47.5 Å². The van der Waals surface area contributed by atoms with Crippen molar-refractivity contribution in [1.82, 2.24) is 0 Å². The van der Waals surface area contributed by atoms with E-state index in [9.17, 15) is 0 Å². The first kappa shape index (κ1) is 23.3. The highest BCUT2D eigenvalue weighted by atomic mass is 28.3. The van der Waals surface area contributed by atoms with E-state index in [2.05, 4.69) is 78.9 Å². The topological polar surface area (TPSA) is 27.7 Å². The molecule has 0 amide bonds. The molecule has 0 N–H and O–H groups in total. The van der Waals surface area contributed by atoms with E-state index >= 15 is 0 Å². The van der Waals surface area contributed by atoms with Crippen LogP contribution in [0, 0.1) is 0 Å². The predicted octanol–water partition coefficient (Wildman–Crippen LogP) is 5.83. The minimum atomic E-state index is -1.93. The highest BCUT2D eigenvalue weighted by molar-refractivity contribution is 6.90. The van der Waals surface area contributed by atoms with Crippen molar-refractivity contribution < 1.29 is 14.2 Å². The van der Waals surface area contributed by atoms with Gasteiger partial charge in [-0.25, -0.2) is 0 Å². The van der Waals surface area contributed by atoms with Gasteiger partial charge in [0.25, 0.3) is 0 Å². The van der Waals surface area contributed by atoms with Crippen LogP contribution in [0.4, 0.5) is 0 Å². The van der Waals surface area contributed by atoms with E-state index in [1.807, 2.05) is 12.1 Å². The molecule has 160 valence electrons. The summed E-state index contributed by atoms with van der Waals surface area (Å²) in [6, 6.07) is 12.8. The highest BCUT2D eigenvalue weighted by Gasteiger charge is 2.30. The van der Waals surface area contributed by atoms with Gasteiger partial charge >= 0.3 is 0 Å². The van der Waals surface area contributed by atoms with Gasteiger partial charge in [0, 0.05) is 0 Å². The van der Waals surface area contributed by atoms with Crippen molar-refractivity contribution in [3.63, 3.8) is 0 Å². The quantitative estimate of drug-likeness (QED) is 0.556. The number of rotatable bonds is 6. The third kappa shape index (κ3) is 5.56. The normalized spacial score (nSPS) is 12.6. The molecule has 0 saturated carbocycles. The molecule has 0 aromatic heterocycles. The lowest BCUT2D eigenvalue weighted by atomic mass is 9.80. The van der Waals surface area contributed by atoms with Crippen LogP contribution in [0.1, 0.15) is 52.7 Å². The van der Waals surface area contributed by atoms with Crippen molar-refractivity contribution in [2.75, 3.05) is 20.4 Å². The summed E-state index contributed by atoms with van der Waals surface area (Å²) in [7, 11) is 1.45. The maximum atomic E-state index is 6.44. The Morgan fingerprint density at radius 1 is 0.793 bits per heavy atom. The van der Waals surface area contributed by atoms with Crippen molar-refractivity contribution in [1.29, 1.82) is 0 Å². The lowest BCUT2D eigenvalue weighted by molar-refractivity contribution is 0.355. The Balaban J connectivity index is 2.38. The lowest BCUT2D eigenvalue weighted by Crippen LogP contribution is -2.48. The summed E-state index contributed by atoms with van der Waals surface area (Å²) in [5.74, 6) is 2.55. The van der Waals surface area contributed by atoms with Gasteiger partial charge in [-0.1, -0.05) is 72.8 Å². The standard InChI is InChI=1S/C25H38O3Si/c1-24(2,3)18-14-19(25(4,5)6)16-20(15-18)28-17-29(9,10)22-13-11-12-21(26-7)23(22)27-8/h11-16H,17H2,1-10H3. The fourth-order valence-electron chi connectivity index (χ4n) is 3.31. The summed E-state index contributed by atoms with van der Waals surface area (Å²) in [6.45, 7) is 18.1. The molecule has 0 aliphatic carbocycles. The van der Waals surface area contributed by atoms with Crippen LogP contribution in [0.2, 0.25) is 13.1 Å². The molecular weight excluding hydrogens is 376 g/mol. The average Bonchev–Trinajstić information content (AvgIpc) is 2.64. The third-order valence-corrected chi connectivity index (χ3v) is 8.09. The molecule has 0 aliphatic rings. The molecule has 0 spiro atoms. The molecule has 2 rings (SSSR count). The molecule has 0 heterocycles. The van der Waals surface area contributed by atoms with Crippen molar-refractivity contribution >= 4 is 13.3 Å². The van der Waals surface area contributed by atoms with E-state index in [4.69, 9.17) is 14.2 Å². The first-order valence-electron chi connectivity index (χ1n) is 10.3. The molecule has 0 aliphatic heterocycles. The number of hydrogen-bond donors (Lipinski definition) is 0. The molecule has 0 bridgehead atoms. The van der Waals surface area contributed by atoms with Gasteiger partial charge in [0.15, 0.2) is 11.5 Å². The van der Waals surface area contributed by atoms with Crippen molar-refractivity contribution in [2.24, 2.45) is 0 Å². The molecule has 2 aromatic rings. The van der Waals surface area contributed by atoms with Gasteiger partial charge in [0.1, 0.15) is 13.8 Å². The molecule has 3 nitrogen and oxygen atoms in total. The Kier molecular flexibility index (Phi) is 6.78. The Bertz CT molecular complexity index is 810. The smallest absolute Gasteiger partial charge is 0.160 e. The monoisotopic (exact) mass is 414 g/mol. The third-order valence-electron chi connectivity index (χ3n) is 5.37. The second-order valence-corrected chi connectivity index (χ2v) is 15.1. The van der Waals surface area contributed by atoms with Crippen LogP contribution in [-0.2, 0) is 10.8 Å². The van der Waals surface area contributed by atoms with E-state index in [0.717, 1.165) is 17.2 Å². The zero-order chi connectivity index (χ0) is 22.0. The Morgan fingerprint density at radius 3 is 1.79 bits per heavy atom. The predicted molar refractivity (Wildman–Crippen MR) is 126 cm³/mol. The minimum absolute atomic E-state index is 0.0718. The molecule has 0 radical (unpaired) electrons. The first-order valence-corrected chi connectivity index (χ1v) is 13.5. The summed E-state index contributed by atoms with van der Waals surface area (Å²) in [4.78, 5) is 0. The van der Waals surface area contributed by atoms with E-state index < -0.39 is 8.07 Å². The molecule has 29 heavy (non-hydrogen) atoms. The number of methoxy groups -OCH3 is 2. The van der Waals surface area contributed by atoms with E-state index in [1.54, 1.807) is 14.2 Å². The van der Waals surface area contributed by atoms with Gasteiger partial charge in [0.2, 0.25) is 0 Å².